The van der Waals surface area contributed by atoms with Crippen molar-refractivity contribution in [3.8, 4) is 0 Å². The maximum atomic E-state index is 12.8. The Morgan fingerprint density at radius 3 is 2.87 bits per heavy atom. The second-order valence-electron chi connectivity index (χ2n) is 7.36. The van der Waals surface area contributed by atoms with Crippen LogP contribution in [0.15, 0.2) is 10.6 Å². The number of carbonyl (C=O) groups is 1. The number of hydrogen-bond donors (Lipinski definition) is 1. The quantitative estimate of drug-likeness (QED) is 0.943. The van der Waals surface area contributed by atoms with Crippen molar-refractivity contribution >= 4 is 17.0 Å². The number of hydrogen-bond acceptors (Lipinski definition) is 4. The Morgan fingerprint density at radius 1 is 1.35 bits per heavy atom. The molecule has 5 nitrogen and oxygen atoms in total. The highest BCUT2D eigenvalue weighted by molar-refractivity contribution is 6.06. The zero-order valence-electron chi connectivity index (χ0n) is 13.9. The fourth-order valence-electron chi connectivity index (χ4n) is 4.69. The van der Waals surface area contributed by atoms with E-state index in [1.807, 2.05) is 19.9 Å². The van der Waals surface area contributed by atoms with E-state index in [1.165, 1.54) is 25.7 Å². The van der Waals surface area contributed by atoms with Gasteiger partial charge < -0.3 is 9.84 Å². The third kappa shape index (κ3) is 2.42. The van der Waals surface area contributed by atoms with Gasteiger partial charge in [-0.1, -0.05) is 11.6 Å². The summed E-state index contributed by atoms with van der Waals surface area (Å²) in [4.78, 5) is 17.1. The fourth-order valence-corrected chi connectivity index (χ4v) is 4.69. The van der Waals surface area contributed by atoms with Gasteiger partial charge in [-0.2, -0.15) is 0 Å². The Hall–Kier alpha value is -1.91. The van der Waals surface area contributed by atoms with Crippen molar-refractivity contribution in [2.45, 2.75) is 52.5 Å². The van der Waals surface area contributed by atoms with E-state index in [1.54, 1.807) is 0 Å². The summed E-state index contributed by atoms with van der Waals surface area (Å²) in [6.07, 6.45) is 5.34. The second kappa shape index (κ2) is 5.32. The summed E-state index contributed by atoms with van der Waals surface area (Å²) in [5.74, 6) is 2.27. The molecule has 0 spiro atoms. The van der Waals surface area contributed by atoms with Gasteiger partial charge >= 0.3 is 0 Å². The molecule has 4 rings (SSSR count). The Kier molecular flexibility index (Phi) is 3.39. The lowest BCUT2D eigenvalue weighted by atomic mass is 9.84. The third-order valence-electron chi connectivity index (χ3n) is 5.78. The number of aryl methyl sites for hydroxylation is 2. The summed E-state index contributed by atoms with van der Waals surface area (Å²) in [7, 11) is 0. The topological polar surface area (TPSA) is 68.0 Å². The Labute approximate surface area is 135 Å². The summed E-state index contributed by atoms with van der Waals surface area (Å²) in [6, 6.07) is 2.04. The van der Waals surface area contributed by atoms with E-state index in [0.717, 1.165) is 22.9 Å². The van der Waals surface area contributed by atoms with Gasteiger partial charge in [0.1, 0.15) is 0 Å². The lowest BCUT2D eigenvalue weighted by molar-refractivity contribution is 0.0916. The predicted octanol–water partition coefficient (Wildman–Crippen LogP) is 3.39. The predicted molar refractivity (Wildman–Crippen MR) is 87.1 cm³/mol. The molecule has 4 atom stereocenters. The van der Waals surface area contributed by atoms with Crippen molar-refractivity contribution in [2.24, 2.45) is 17.8 Å². The molecule has 0 saturated heterocycles. The van der Waals surface area contributed by atoms with Gasteiger partial charge in [-0.3, -0.25) is 4.79 Å². The largest absolute Gasteiger partial charge is 0.349 e. The molecular formula is C18H23N3O2. The zero-order chi connectivity index (χ0) is 16.1. The van der Waals surface area contributed by atoms with Crippen LogP contribution in [-0.4, -0.2) is 22.1 Å². The van der Waals surface area contributed by atoms with E-state index >= 15 is 0 Å². The van der Waals surface area contributed by atoms with Gasteiger partial charge in [0.05, 0.1) is 16.6 Å². The standard InChI is InChI=1S/C18H23N3O2/c1-9-6-15(16-11(3)21-23-18(16)19-9)17(22)20-10(2)14-8-12-4-5-13(14)7-12/h6,10,12-14H,4-5,7-8H2,1-3H3,(H,20,22)/t10-,12-,13-,14-/m0/s1. The van der Waals surface area contributed by atoms with E-state index in [-0.39, 0.29) is 11.9 Å². The minimum absolute atomic E-state index is 0.0397. The highest BCUT2D eigenvalue weighted by Crippen LogP contribution is 2.49. The number of pyridine rings is 1. The third-order valence-corrected chi connectivity index (χ3v) is 5.78. The normalized spacial score (nSPS) is 27.5. The fraction of sp³-hybridized carbons (Fsp3) is 0.611. The van der Waals surface area contributed by atoms with Crippen molar-refractivity contribution in [2.75, 3.05) is 0 Å². The molecule has 23 heavy (non-hydrogen) atoms. The smallest absolute Gasteiger partial charge is 0.258 e. The van der Waals surface area contributed by atoms with Crippen LogP contribution in [-0.2, 0) is 0 Å². The molecule has 1 amide bonds. The molecule has 2 aromatic heterocycles. The van der Waals surface area contributed by atoms with Crippen LogP contribution in [0.1, 0.15) is 54.4 Å². The molecule has 0 aromatic carbocycles. The summed E-state index contributed by atoms with van der Waals surface area (Å²) in [5.41, 5.74) is 2.55. The van der Waals surface area contributed by atoms with E-state index in [4.69, 9.17) is 4.52 Å². The summed E-state index contributed by atoms with van der Waals surface area (Å²) in [5, 5.41) is 7.90. The van der Waals surface area contributed by atoms with Gasteiger partial charge in [-0.15, -0.1) is 0 Å². The van der Waals surface area contributed by atoms with Crippen LogP contribution < -0.4 is 5.32 Å². The lowest BCUT2D eigenvalue weighted by Gasteiger charge is -2.28. The molecule has 2 heterocycles. The number of fused-ring (bicyclic) bond motifs is 3. The van der Waals surface area contributed by atoms with Crippen LogP contribution in [0, 0.1) is 31.6 Å². The lowest BCUT2D eigenvalue weighted by Crippen LogP contribution is -2.40. The van der Waals surface area contributed by atoms with E-state index < -0.39 is 0 Å². The molecule has 2 saturated carbocycles. The monoisotopic (exact) mass is 313 g/mol. The molecule has 2 aliphatic carbocycles. The number of carbonyl (C=O) groups excluding carboxylic acids is 1. The minimum atomic E-state index is -0.0397. The molecule has 0 unspecified atom stereocenters. The van der Waals surface area contributed by atoms with Gasteiger partial charge in [0.25, 0.3) is 11.6 Å². The number of aromatic nitrogens is 2. The van der Waals surface area contributed by atoms with Gasteiger partial charge in [0.15, 0.2) is 0 Å². The number of rotatable bonds is 3. The van der Waals surface area contributed by atoms with E-state index in [2.05, 4.69) is 22.4 Å². The van der Waals surface area contributed by atoms with Crippen LogP contribution in [0.25, 0.3) is 11.1 Å². The Bertz CT molecular complexity index is 767. The van der Waals surface area contributed by atoms with Crippen LogP contribution in [0.4, 0.5) is 0 Å². The summed E-state index contributed by atoms with van der Waals surface area (Å²) < 4.78 is 5.22. The molecular weight excluding hydrogens is 290 g/mol. The molecule has 1 N–H and O–H groups in total. The van der Waals surface area contributed by atoms with Gasteiger partial charge in [0.2, 0.25) is 0 Å². The van der Waals surface area contributed by atoms with Crippen molar-refractivity contribution in [1.82, 2.24) is 15.5 Å². The zero-order valence-corrected chi connectivity index (χ0v) is 13.9. The highest BCUT2D eigenvalue weighted by Gasteiger charge is 2.42. The Morgan fingerprint density at radius 2 is 2.17 bits per heavy atom. The molecule has 0 aliphatic heterocycles. The molecule has 0 radical (unpaired) electrons. The van der Waals surface area contributed by atoms with Gasteiger partial charge in [-0.05, 0) is 63.9 Å². The maximum absolute atomic E-state index is 12.8. The molecule has 2 bridgehead atoms. The van der Waals surface area contributed by atoms with Crippen molar-refractivity contribution in [3.05, 3.63) is 23.0 Å². The molecule has 122 valence electrons. The van der Waals surface area contributed by atoms with Crippen LogP contribution in [0.3, 0.4) is 0 Å². The highest BCUT2D eigenvalue weighted by atomic mass is 16.5. The second-order valence-corrected chi connectivity index (χ2v) is 7.36. The number of nitrogens with zero attached hydrogens (tertiary/aromatic N) is 2. The molecule has 2 fully saturated rings. The van der Waals surface area contributed by atoms with Crippen molar-refractivity contribution < 1.29 is 9.32 Å². The van der Waals surface area contributed by atoms with Gasteiger partial charge in [0, 0.05) is 11.7 Å². The van der Waals surface area contributed by atoms with Crippen molar-refractivity contribution in [3.63, 3.8) is 0 Å². The molecule has 5 heteroatoms. The van der Waals surface area contributed by atoms with Crippen LogP contribution in [0.2, 0.25) is 0 Å². The Balaban J connectivity index is 1.58. The molecule has 2 aromatic rings. The van der Waals surface area contributed by atoms with Gasteiger partial charge in [-0.25, -0.2) is 4.98 Å². The average molecular weight is 313 g/mol. The van der Waals surface area contributed by atoms with Crippen molar-refractivity contribution in [1.29, 1.82) is 0 Å². The SMILES string of the molecule is Cc1cc(C(=O)N[C@@H](C)[C@@H]2C[C@H]3CC[C@H]2C3)c2c(C)noc2n1. The first-order chi connectivity index (χ1) is 11.0. The first kappa shape index (κ1) is 14.7. The molecule has 2 aliphatic rings. The van der Waals surface area contributed by atoms with E-state index in [9.17, 15) is 4.79 Å². The first-order valence-corrected chi connectivity index (χ1v) is 8.57. The first-order valence-electron chi connectivity index (χ1n) is 8.57. The summed E-state index contributed by atoms with van der Waals surface area (Å²) >= 11 is 0. The summed E-state index contributed by atoms with van der Waals surface area (Å²) in [6.45, 7) is 5.86. The number of nitrogens with one attached hydrogen (secondary N) is 1. The minimum Gasteiger partial charge on any atom is -0.349 e. The average Bonchev–Trinajstić information content (AvgIpc) is 3.22. The maximum Gasteiger partial charge on any atom is 0.258 e. The van der Waals surface area contributed by atoms with E-state index in [0.29, 0.717) is 22.9 Å². The number of amides is 1. The van der Waals surface area contributed by atoms with Crippen LogP contribution in [0.5, 0.6) is 0 Å². The van der Waals surface area contributed by atoms with Crippen LogP contribution >= 0.6 is 0 Å².